The van der Waals surface area contributed by atoms with Crippen LogP contribution in [0, 0.1) is 0 Å². The van der Waals surface area contributed by atoms with E-state index in [0.29, 0.717) is 0 Å². The summed E-state index contributed by atoms with van der Waals surface area (Å²) in [7, 11) is 0. The molecule has 0 fully saturated rings. The Morgan fingerprint density at radius 3 is 1.83 bits per heavy atom. The van der Waals surface area contributed by atoms with Gasteiger partial charge in [0.05, 0.1) is 0 Å². The average Bonchev–Trinajstić information content (AvgIpc) is 2.43. The molecule has 0 saturated carbocycles. The molecular weight excluding hydrogens is 327 g/mol. The van der Waals surface area contributed by atoms with Gasteiger partial charge in [0.2, 0.25) is 0 Å². The van der Waals surface area contributed by atoms with Crippen LogP contribution >= 0.6 is 0 Å². The van der Waals surface area contributed by atoms with Crippen molar-refractivity contribution in [2.45, 2.75) is 66.2 Å². The van der Waals surface area contributed by atoms with Crippen LogP contribution in [-0.2, 0) is 0 Å². The fourth-order valence-electron chi connectivity index (χ4n) is 2.79. The first-order valence-corrected chi connectivity index (χ1v) is 15.0. The van der Waals surface area contributed by atoms with Crippen LogP contribution in [0.15, 0.2) is 18.5 Å². The van der Waals surface area contributed by atoms with Gasteiger partial charge in [-0.3, -0.25) is 0 Å². The topological polar surface area (TPSA) is 25.8 Å². The fourth-order valence-corrected chi connectivity index (χ4v) is 17.4. The number of hydrogen-bond donors (Lipinski definition) is 0. The summed E-state index contributed by atoms with van der Waals surface area (Å²) in [5.41, 5.74) is 0. The molecule has 1 heterocycles. The van der Waals surface area contributed by atoms with Gasteiger partial charge in [-0.05, 0) is 0 Å². The molecule has 0 atom stereocenters. The SMILES string of the molecule is CCC[CH2][Sn]([CH2]CC)([CH2]CCC)[c]1ncccn1. The number of rotatable bonds is 9. The van der Waals surface area contributed by atoms with Gasteiger partial charge in [-0.2, -0.15) is 0 Å². The Bertz CT molecular complexity index is 306. The second kappa shape index (κ2) is 8.89. The first-order valence-electron chi connectivity index (χ1n) is 7.56. The standard InChI is InChI=1S/C4H3N2.2C4H9.C3H7.Sn/c1-2-5-4-6-3-1;2*1-3-4-2;1-3-2;/h1-3H;2*1,3-4H2,2H3;1,3H2,2H3;. The van der Waals surface area contributed by atoms with Crippen molar-refractivity contribution in [1.82, 2.24) is 9.97 Å². The summed E-state index contributed by atoms with van der Waals surface area (Å²) in [6.07, 6.45) is 10.6. The maximum atomic E-state index is 4.66. The van der Waals surface area contributed by atoms with Gasteiger partial charge in [0, 0.05) is 0 Å². The molecule has 0 aliphatic heterocycles. The predicted molar refractivity (Wildman–Crippen MR) is 81.9 cm³/mol. The molecule has 0 spiro atoms. The zero-order valence-electron chi connectivity index (χ0n) is 12.3. The minimum absolute atomic E-state index is 1.29. The van der Waals surface area contributed by atoms with E-state index in [1.807, 2.05) is 18.5 Å². The monoisotopic (exact) mass is 356 g/mol. The van der Waals surface area contributed by atoms with Gasteiger partial charge in [-0.15, -0.1) is 0 Å². The molecule has 0 aliphatic rings. The average molecular weight is 355 g/mol. The molecule has 0 aromatic carbocycles. The molecule has 1 aromatic heterocycles. The first-order chi connectivity index (χ1) is 8.79. The Morgan fingerprint density at radius 1 is 0.833 bits per heavy atom. The van der Waals surface area contributed by atoms with Gasteiger partial charge in [0.1, 0.15) is 0 Å². The van der Waals surface area contributed by atoms with Crippen molar-refractivity contribution in [3.05, 3.63) is 18.5 Å². The molecule has 2 nitrogen and oxygen atoms in total. The van der Waals surface area contributed by atoms with Crippen LogP contribution in [0.1, 0.15) is 52.9 Å². The summed E-state index contributed by atoms with van der Waals surface area (Å²) >= 11 is -2.29. The molecule has 3 heteroatoms. The van der Waals surface area contributed by atoms with E-state index in [-0.39, 0.29) is 0 Å². The molecule has 0 unspecified atom stereocenters. The second-order valence-corrected chi connectivity index (χ2v) is 18.2. The number of aromatic nitrogens is 2. The van der Waals surface area contributed by atoms with Crippen LogP contribution in [-0.4, -0.2) is 28.3 Å². The molecule has 18 heavy (non-hydrogen) atoms. The van der Waals surface area contributed by atoms with Gasteiger partial charge >= 0.3 is 117 Å². The van der Waals surface area contributed by atoms with E-state index in [0.717, 1.165) is 0 Å². The van der Waals surface area contributed by atoms with E-state index >= 15 is 0 Å². The number of nitrogens with zero attached hydrogens (tertiary/aromatic N) is 2. The minimum atomic E-state index is -2.29. The summed E-state index contributed by atoms with van der Waals surface area (Å²) in [6, 6.07) is 1.95. The van der Waals surface area contributed by atoms with Crippen LogP contribution in [0.3, 0.4) is 0 Å². The van der Waals surface area contributed by atoms with Crippen molar-refractivity contribution in [2.24, 2.45) is 0 Å². The molecule has 0 amide bonds. The predicted octanol–water partition coefficient (Wildman–Crippen LogP) is 4.14. The molecule has 0 radical (unpaired) electrons. The van der Waals surface area contributed by atoms with E-state index in [2.05, 4.69) is 30.7 Å². The third-order valence-corrected chi connectivity index (χ3v) is 18.9. The molecule has 0 aliphatic carbocycles. The van der Waals surface area contributed by atoms with E-state index < -0.39 is 18.4 Å². The van der Waals surface area contributed by atoms with E-state index in [9.17, 15) is 0 Å². The summed E-state index contributed by atoms with van der Waals surface area (Å²) in [5.74, 6) is 0. The van der Waals surface area contributed by atoms with Crippen molar-refractivity contribution in [3.8, 4) is 0 Å². The molecular formula is C15H28N2Sn. The zero-order valence-corrected chi connectivity index (χ0v) is 15.1. The summed E-state index contributed by atoms with van der Waals surface area (Å²) in [4.78, 5) is 9.32. The van der Waals surface area contributed by atoms with Gasteiger partial charge in [-0.25, -0.2) is 0 Å². The molecule has 0 saturated heterocycles. The number of unbranched alkanes of at least 4 members (excludes halogenated alkanes) is 2. The maximum absolute atomic E-state index is 4.66. The quantitative estimate of drug-likeness (QED) is 0.623. The van der Waals surface area contributed by atoms with Crippen molar-refractivity contribution in [2.75, 3.05) is 0 Å². The molecule has 1 aromatic rings. The van der Waals surface area contributed by atoms with Crippen molar-refractivity contribution in [1.29, 1.82) is 0 Å². The Hall–Kier alpha value is -0.121. The summed E-state index contributed by atoms with van der Waals surface area (Å²) in [5, 5.41) is 0. The van der Waals surface area contributed by atoms with Gasteiger partial charge in [0.15, 0.2) is 0 Å². The van der Waals surface area contributed by atoms with Crippen LogP contribution < -0.4 is 3.84 Å². The molecule has 0 N–H and O–H groups in total. The molecule has 1 rings (SSSR count). The molecule has 102 valence electrons. The van der Waals surface area contributed by atoms with Crippen molar-refractivity contribution in [3.63, 3.8) is 0 Å². The fraction of sp³-hybridized carbons (Fsp3) is 0.733. The Kier molecular flexibility index (Phi) is 7.87. The van der Waals surface area contributed by atoms with E-state index in [1.165, 1.54) is 49.3 Å². The summed E-state index contributed by atoms with van der Waals surface area (Å²) in [6.45, 7) is 6.93. The normalized spacial score (nSPS) is 11.7. The number of hydrogen-bond acceptors (Lipinski definition) is 2. The zero-order chi connectivity index (χ0) is 13.3. The Labute approximate surface area is 117 Å². The van der Waals surface area contributed by atoms with Gasteiger partial charge < -0.3 is 0 Å². The third kappa shape index (κ3) is 4.52. The Morgan fingerprint density at radius 2 is 1.39 bits per heavy atom. The summed E-state index contributed by atoms with van der Waals surface area (Å²) < 4.78 is 5.61. The van der Waals surface area contributed by atoms with Crippen molar-refractivity contribution >= 4 is 22.2 Å². The van der Waals surface area contributed by atoms with Crippen molar-refractivity contribution < 1.29 is 0 Å². The Balaban J connectivity index is 2.94. The van der Waals surface area contributed by atoms with E-state index in [4.69, 9.17) is 0 Å². The molecule has 0 bridgehead atoms. The third-order valence-electron chi connectivity index (χ3n) is 3.79. The van der Waals surface area contributed by atoms with Crippen LogP contribution in [0.25, 0.3) is 0 Å². The van der Waals surface area contributed by atoms with Crippen LogP contribution in [0.4, 0.5) is 0 Å². The van der Waals surface area contributed by atoms with Crippen LogP contribution in [0.2, 0.25) is 13.3 Å². The van der Waals surface area contributed by atoms with Gasteiger partial charge in [-0.1, -0.05) is 0 Å². The first kappa shape index (κ1) is 15.9. The second-order valence-electron chi connectivity index (χ2n) is 5.31. The van der Waals surface area contributed by atoms with Crippen LogP contribution in [0.5, 0.6) is 0 Å². The van der Waals surface area contributed by atoms with Gasteiger partial charge in [0.25, 0.3) is 0 Å². The van der Waals surface area contributed by atoms with E-state index in [1.54, 1.807) is 0 Å².